The molecule has 7 heteroatoms. The second-order valence-corrected chi connectivity index (χ2v) is 11.5. The van der Waals surface area contributed by atoms with Crippen molar-refractivity contribution in [3.63, 3.8) is 0 Å². The molecule has 38 heavy (non-hydrogen) atoms. The van der Waals surface area contributed by atoms with Gasteiger partial charge >= 0.3 is 5.97 Å². The molecule has 1 unspecified atom stereocenters. The van der Waals surface area contributed by atoms with Crippen LogP contribution in [0.15, 0.2) is 59.8 Å². The Balaban J connectivity index is 1.60. The molecule has 0 saturated heterocycles. The van der Waals surface area contributed by atoms with Gasteiger partial charge in [0, 0.05) is 23.7 Å². The highest BCUT2D eigenvalue weighted by atomic mass is 16.5. The number of ether oxygens (including phenoxy) is 1. The van der Waals surface area contributed by atoms with Crippen molar-refractivity contribution in [2.45, 2.75) is 70.9 Å². The van der Waals surface area contributed by atoms with E-state index in [1.807, 2.05) is 41.3 Å². The van der Waals surface area contributed by atoms with Gasteiger partial charge in [-0.05, 0) is 54.5 Å². The highest BCUT2D eigenvalue weighted by Crippen LogP contribution is 2.48. The van der Waals surface area contributed by atoms with E-state index >= 15 is 0 Å². The normalized spacial score (nSPS) is 21.1. The van der Waals surface area contributed by atoms with Gasteiger partial charge in [0.25, 0.3) is 0 Å². The number of ketones is 1. The predicted molar refractivity (Wildman–Crippen MR) is 148 cm³/mol. The van der Waals surface area contributed by atoms with E-state index < -0.39 is 12.0 Å². The Morgan fingerprint density at radius 1 is 1.03 bits per heavy atom. The maximum Gasteiger partial charge on any atom is 0.337 e. The van der Waals surface area contributed by atoms with Crippen molar-refractivity contribution in [1.82, 2.24) is 5.32 Å². The van der Waals surface area contributed by atoms with Gasteiger partial charge in [-0.1, -0.05) is 57.4 Å². The summed E-state index contributed by atoms with van der Waals surface area (Å²) >= 11 is 0. The predicted octanol–water partition coefficient (Wildman–Crippen LogP) is 5.54. The number of methoxy groups -OCH3 is 1. The van der Waals surface area contributed by atoms with E-state index in [2.05, 4.69) is 24.5 Å². The SMILES string of the molecule is COC(=O)c1ccc(C2C3=C(CC(C)(C)CC3=O)Nc3ccccc3N2CC(=O)NC2CCCCC2)cc1. The van der Waals surface area contributed by atoms with Gasteiger partial charge in [-0.3, -0.25) is 9.59 Å². The minimum absolute atomic E-state index is 0.0458. The third-order valence-electron chi connectivity index (χ3n) is 7.94. The summed E-state index contributed by atoms with van der Waals surface area (Å²) in [6.45, 7) is 4.34. The molecule has 0 aromatic heterocycles. The quantitative estimate of drug-likeness (QED) is 0.509. The van der Waals surface area contributed by atoms with Crippen LogP contribution in [-0.4, -0.2) is 37.4 Å². The van der Waals surface area contributed by atoms with Crippen LogP contribution in [0.1, 0.15) is 80.8 Å². The summed E-state index contributed by atoms with van der Waals surface area (Å²) in [5, 5.41) is 6.84. The van der Waals surface area contributed by atoms with Crippen molar-refractivity contribution in [1.29, 1.82) is 0 Å². The van der Waals surface area contributed by atoms with E-state index in [1.165, 1.54) is 13.5 Å². The molecule has 1 heterocycles. The maximum atomic E-state index is 13.8. The molecule has 1 atom stereocenters. The van der Waals surface area contributed by atoms with Crippen LogP contribution < -0.4 is 15.5 Å². The van der Waals surface area contributed by atoms with Gasteiger partial charge in [-0.25, -0.2) is 4.79 Å². The summed E-state index contributed by atoms with van der Waals surface area (Å²) in [4.78, 5) is 41.4. The summed E-state index contributed by atoms with van der Waals surface area (Å²) in [6.07, 6.45) is 6.66. The maximum absolute atomic E-state index is 13.8. The van der Waals surface area contributed by atoms with E-state index in [0.29, 0.717) is 17.6 Å². The Bertz CT molecular complexity index is 1260. The van der Waals surface area contributed by atoms with E-state index in [9.17, 15) is 14.4 Å². The average Bonchev–Trinajstić information content (AvgIpc) is 3.02. The van der Waals surface area contributed by atoms with E-state index in [-0.39, 0.29) is 29.7 Å². The molecule has 7 nitrogen and oxygen atoms in total. The van der Waals surface area contributed by atoms with E-state index in [4.69, 9.17) is 4.74 Å². The van der Waals surface area contributed by atoms with Crippen molar-refractivity contribution in [3.05, 3.63) is 70.9 Å². The molecule has 1 saturated carbocycles. The number of para-hydroxylation sites is 2. The van der Waals surface area contributed by atoms with Crippen LogP contribution in [0.25, 0.3) is 0 Å². The average molecular weight is 516 g/mol. The lowest BCUT2D eigenvalue weighted by atomic mass is 9.73. The number of Topliss-reactive ketones (excluding diaryl/α,β-unsaturated/α-hetero) is 1. The van der Waals surface area contributed by atoms with Crippen molar-refractivity contribution in [2.75, 3.05) is 23.9 Å². The third kappa shape index (κ3) is 5.33. The monoisotopic (exact) mass is 515 g/mol. The molecule has 0 bridgehead atoms. The lowest BCUT2D eigenvalue weighted by Crippen LogP contribution is -2.45. The zero-order chi connectivity index (χ0) is 26.9. The van der Waals surface area contributed by atoms with Gasteiger partial charge in [0.15, 0.2) is 5.78 Å². The summed E-state index contributed by atoms with van der Waals surface area (Å²) in [5.41, 5.74) is 4.45. The minimum atomic E-state index is -0.478. The van der Waals surface area contributed by atoms with Crippen LogP contribution in [0.3, 0.4) is 0 Å². The van der Waals surface area contributed by atoms with Crippen molar-refractivity contribution < 1.29 is 19.1 Å². The van der Waals surface area contributed by atoms with Gasteiger partial charge in [0.05, 0.1) is 36.6 Å². The number of hydrogen-bond acceptors (Lipinski definition) is 6. The number of carbonyl (C=O) groups excluding carboxylic acids is 3. The third-order valence-corrected chi connectivity index (χ3v) is 7.94. The molecule has 200 valence electrons. The number of allylic oxidation sites excluding steroid dienone is 1. The van der Waals surface area contributed by atoms with E-state index in [0.717, 1.165) is 54.7 Å². The fourth-order valence-corrected chi connectivity index (χ4v) is 6.17. The summed E-state index contributed by atoms with van der Waals surface area (Å²) in [7, 11) is 1.36. The first-order valence-corrected chi connectivity index (χ1v) is 13.6. The number of hydrogen-bond donors (Lipinski definition) is 2. The second kappa shape index (κ2) is 10.6. The number of amides is 1. The van der Waals surface area contributed by atoms with Gasteiger partial charge in [-0.15, -0.1) is 0 Å². The Kier molecular flexibility index (Phi) is 7.28. The standard InChI is InChI=1S/C31H37N3O4/c1-31(2)17-24-28(26(35)18-31)29(20-13-15-21(16-14-20)30(37)38-3)34(25-12-8-7-11-23(25)33-24)19-27(36)32-22-9-5-4-6-10-22/h7-8,11-16,22,29,33H,4-6,9-10,17-19H2,1-3H3,(H,32,36). The van der Waals surface area contributed by atoms with Crippen molar-refractivity contribution in [3.8, 4) is 0 Å². The molecule has 1 fully saturated rings. The highest BCUT2D eigenvalue weighted by Gasteiger charge is 2.42. The molecule has 2 aliphatic carbocycles. The fraction of sp³-hybridized carbons (Fsp3) is 0.452. The minimum Gasteiger partial charge on any atom is -0.465 e. The molecular formula is C31H37N3O4. The largest absolute Gasteiger partial charge is 0.465 e. The molecule has 2 aromatic rings. The first-order chi connectivity index (χ1) is 18.3. The Morgan fingerprint density at radius 3 is 2.45 bits per heavy atom. The number of benzene rings is 2. The molecule has 2 aromatic carbocycles. The molecule has 1 amide bonds. The van der Waals surface area contributed by atoms with Crippen LogP contribution in [0.2, 0.25) is 0 Å². The number of esters is 1. The van der Waals surface area contributed by atoms with Crippen LogP contribution in [-0.2, 0) is 14.3 Å². The number of anilines is 2. The highest BCUT2D eigenvalue weighted by molar-refractivity contribution is 6.02. The van der Waals surface area contributed by atoms with Gasteiger partial charge in [0.1, 0.15) is 0 Å². The van der Waals surface area contributed by atoms with Crippen LogP contribution in [0.4, 0.5) is 11.4 Å². The molecular weight excluding hydrogens is 478 g/mol. The molecule has 0 radical (unpaired) electrons. The van der Waals surface area contributed by atoms with Crippen molar-refractivity contribution >= 4 is 29.0 Å². The number of fused-ring (bicyclic) bond motifs is 1. The summed E-state index contributed by atoms with van der Waals surface area (Å²) in [5.74, 6) is -0.379. The first-order valence-electron chi connectivity index (χ1n) is 13.6. The summed E-state index contributed by atoms with van der Waals surface area (Å²) < 4.78 is 4.88. The lowest BCUT2D eigenvalue weighted by Gasteiger charge is -2.38. The molecule has 1 aliphatic heterocycles. The van der Waals surface area contributed by atoms with Gasteiger partial charge in [-0.2, -0.15) is 0 Å². The topological polar surface area (TPSA) is 87.7 Å². The van der Waals surface area contributed by atoms with Crippen LogP contribution in [0.5, 0.6) is 0 Å². The number of rotatable bonds is 5. The number of carbonyl (C=O) groups is 3. The Hall–Kier alpha value is -3.61. The summed E-state index contributed by atoms with van der Waals surface area (Å²) in [6, 6.07) is 14.8. The number of nitrogens with one attached hydrogen (secondary N) is 2. The lowest BCUT2D eigenvalue weighted by molar-refractivity contribution is -0.121. The molecule has 3 aliphatic rings. The zero-order valence-electron chi connectivity index (χ0n) is 22.5. The van der Waals surface area contributed by atoms with Crippen LogP contribution in [0, 0.1) is 5.41 Å². The van der Waals surface area contributed by atoms with Gasteiger partial charge in [0.2, 0.25) is 5.91 Å². The molecule has 0 spiro atoms. The van der Waals surface area contributed by atoms with Gasteiger partial charge < -0.3 is 20.3 Å². The molecule has 5 rings (SSSR count). The first kappa shape index (κ1) is 26.0. The fourth-order valence-electron chi connectivity index (χ4n) is 6.17. The molecule has 2 N–H and O–H groups in total. The Morgan fingerprint density at radius 2 is 1.74 bits per heavy atom. The number of nitrogens with zero attached hydrogens (tertiary/aromatic N) is 1. The van der Waals surface area contributed by atoms with Crippen molar-refractivity contribution in [2.24, 2.45) is 5.41 Å². The smallest absolute Gasteiger partial charge is 0.337 e. The second-order valence-electron chi connectivity index (χ2n) is 11.5. The van der Waals surface area contributed by atoms with Crippen LogP contribution >= 0.6 is 0 Å². The zero-order valence-corrected chi connectivity index (χ0v) is 22.5. The van der Waals surface area contributed by atoms with E-state index in [1.54, 1.807) is 12.1 Å². The Labute approximate surface area is 224 Å².